The molecule has 0 bridgehead atoms. The molecule has 0 amide bonds. The molecule has 198 valence electrons. The number of hydrogen-bond donors (Lipinski definition) is 3. The van der Waals surface area contributed by atoms with Crippen LogP contribution in [0.25, 0.3) is 17.2 Å². The first-order valence-electron chi connectivity index (χ1n) is 11.9. The van der Waals surface area contributed by atoms with Crippen molar-refractivity contribution in [1.82, 2.24) is 3.97 Å². The second kappa shape index (κ2) is 11.9. The Morgan fingerprint density at radius 2 is 1.68 bits per heavy atom. The minimum absolute atomic E-state index is 0.197. The van der Waals surface area contributed by atoms with E-state index < -0.39 is 40.4 Å². The van der Waals surface area contributed by atoms with Gasteiger partial charge < -0.3 is 15.3 Å². The third-order valence-corrected chi connectivity index (χ3v) is 7.71. The van der Waals surface area contributed by atoms with Crippen LogP contribution >= 0.6 is 0 Å². The molecule has 3 N–H and O–H groups in total. The van der Waals surface area contributed by atoms with Gasteiger partial charge in [0.15, 0.2) is 0 Å². The van der Waals surface area contributed by atoms with Crippen LogP contribution in [0.2, 0.25) is 0 Å². The zero-order valence-electron chi connectivity index (χ0n) is 21.0. The Labute approximate surface area is 216 Å². The summed E-state index contributed by atoms with van der Waals surface area (Å²) in [6.45, 7) is 5.42. The Bertz CT molecular complexity index is 1360. The molecule has 0 radical (unpaired) electrons. The van der Waals surface area contributed by atoms with Crippen molar-refractivity contribution in [1.29, 1.82) is 0 Å². The third-order valence-electron chi connectivity index (χ3n) is 5.99. The van der Waals surface area contributed by atoms with Gasteiger partial charge in [-0.3, -0.25) is 4.79 Å². The molecule has 37 heavy (non-hydrogen) atoms. The van der Waals surface area contributed by atoms with Crippen molar-refractivity contribution in [2.75, 3.05) is 0 Å². The van der Waals surface area contributed by atoms with E-state index in [-0.39, 0.29) is 18.1 Å². The van der Waals surface area contributed by atoms with Gasteiger partial charge in [-0.05, 0) is 36.1 Å². The fraction of sp³-hybridized carbons (Fsp3) is 0.321. The zero-order valence-corrected chi connectivity index (χ0v) is 21.8. The van der Waals surface area contributed by atoms with Crippen LogP contribution in [-0.2, 0) is 20.6 Å². The van der Waals surface area contributed by atoms with Crippen molar-refractivity contribution in [2.24, 2.45) is 0 Å². The summed E-state index contributed by atoms with van der Waals surface area (Å²) in [6, 6.07) is 14.6. The minimum Gasteiger partial charge on any atom is -0.481 e. The molecule has 2 aromatic carbocycles. The minimum atomic E-state index is -3.87. The summed E-state index contributed by atoms with van der Waals surface area (Å²) in [4.78, 5) is 10.8. The summed E-state index contributed by atoms with van der Waals surface area (Å²) in [5.74, 6) is -2.07. The van der Waals surface area contributed by atoms with E-state index >= 15 is 0 Å². The molecule has 0 aliphatic carbocycles. The second-order valence-corrected chi connectivity index (χ2v) is 11.2. The quantitative estimate of drug-likeness (QED) is 0.331. The molecule has 9 heteroatoms. The first-order chi connectivity index (χ1) is 17.4. The van der Waals surface area contributed by atoms with Crippen LogP contribution in [0.15, 0.2) is 60.7 Å². The predicted octanol–water partition coefficient (Wildman–Crippen LogP) is 4.70. The van der Waals surface area contributed by atoms with Gasteiger partial charge in [0.05, 0.1) is 24.4 Å². The lowest BCUT2D eigenvalue weighted by molar-refractivity contribution is -0.139. The Balaban J connectivity index is 2.17. The van der Waals surface area contributed by atoms with E-state index in [0.29, 0.717) is 33.6 Å². The van der Waals surface area contributed by atoms with Crippen molar-refractivity contribution in [3.63, 3.8) is 0 Å². The lowest BCUT2D eigenvalue weighted by atomic mass is 9.96. The highest BCUT2D eigenvalue weighted by atomic mass is 32.2. The molecule has 0 aliphatic heterocycles. The van der Waals surface area contributed by atoms with Crippen LogP contribution < -0.4 is 0 Å². The second-order valence-electron chi connectivity index (χ2n) is 9.34. The van der Waals surface area contributed by atoms with Gasteiger partial charge in [0.25, 0.3) is 0 Å². The van der Waals surface area contributed by atoms with Crippen LogP contribution in [-0.4, -0.2) is 45.9 Å². The Morgan fingerprint density at radius 1 is 1.05 bits per heavy atom. The summed E-state index contributed by atoms with van der Waals surface area (Å²) in [6.07, 6.45) is -0.106. The first-order valence-corrected chi connectivity index (χ1v) is 13.6. The molecular weight excluding hydrogens is 497 g/mol. The smallest absolute Gasteiger partial charge is 0.305 e. The molecule has 3 aromatic rings. The number of carboxylic acids is 1. The number of halogens is 1. The number of aliphatic carboxylic acids is 1. The largest absolute Gasteiger partial charge is 0.481 e. The monoisotopic (exact) mass is 529 g/mol. The fourth-order valence-electron chi connectivity index (χ4n) is 4.47. The molecule has 2 atom stereocenters. The number of aliphatic hydroxyl groups is 2. The van der Waals surface area contributed by atoms with Gasteiger partial charge in [-0.2, -0.15) is 0 Å². The van der Waals surface area contributed by atoms with Crippen LogP contribution in [0.1, 0.15) is 55.1 Å². The molecule has 1 aromatic heterocycles. The number of nitrogens with zero attached hydrogens (tertiary/aromatic N) is 1. The lowest BCUT2D eigenvalue weighted by Crippen LogP contribution is -2.20. The molecule has 3 rings (SSSR count). The first kappa shape index (κ1) is 28.3. The van der Waals surface area contributed by atoms with Gasteiger partial charge in [0.2, 0.25) is 10.0 Å². The van der Waals surface area contributed by atoms with E-state index in [0.717, 1.165) is 0 Å². The summed E-state index contributed by atoms with van der Waals surface area (Å²) >= 11 is 0. The molecule has 0 fully saturated rings. The maximum atomic E-state index is 13.7. The van der Waals surface area contributed by atoms with Crippen molar-refractivity contribution in [3.05, 3.63) is 89.0 Å². The number of benzene rings is 2. The van der Waals surface area contributed by atoms with E-state index in [1.165, 1.54) is 22.2 Å². The predicted molar refractivity (Wildman–Crippen MR) is 141 cm³/mol. The summed E-state index contributed by atoms with van der Waals surface area (Å²) in [7, 11) is -3.87. The highest BCUT2D eigenvalue weighted by Gasteiger charge is 2.29. The zero-order chi connectivity index (χ0) is 27.3. The van der Waals surface area contributed by atoms with E-state index in [1.54, 1.807) is 49.4 Å². The van der Waals surface area contributed by atoms with Crippen LogP contribution in [0.3, 0.4) is 0 Å². The number of hydrogen-bond acceptors (Lipinski definition) is 5. The van der Waals surface area contributed by atoms with Crippen molar-refractivity contribution < 1.29 is 32.9 Å². The van der Waals surface area contributed by atoms with Crippen molar-refractivity contribution in [3.8, 4) is 11.1 Å². The van der Waals surface area contributed by atoms with E-state index in [2.05, 4.69) is 0 Å². The van der Waals surface area contributed by atoms with E-state index in [1.807, 2.05) is 19.9 Å². The standard InChI is InChI=1S/C28H32FNO6S/c1-18(2)28-25(14-13-23(31)15-24(32)16-26(33)34)27(21-9-11-22(29)12-10-21)19(3)30(28)37(35,36)17-20-7-5-4-6-8-20/h4-14,18,23-24,31-32H,15-17H2,1-3H3,(H,33,34)/b14-13+/t23-,24-/m1/s1. The maximum Gasteiger partial charge on any atom is 0.305 e. The highest BCUT2D eigenvalue weighted by molar-refractivity contribution is 7.89. The summed E-state index contributed by atoms with van der Waals surface area (Å²) in [5, 5.41) is 29.2. The van der Waals surface area contributed by atoms with Gasteiger partial charge >= 0.3 is 5.97 Å². The molecule has 0 spiro atoms. The maximum absolute atomic E-state index is 13.7. The third kappa shape index (κ3) is 6.94. The molecule has 0 saturated carbocycles. The van der Waals surface area contributed by atoms with Crippen LogP contribution in [0.4, 0.5) is 4.39 Å². The van der Waals surface area contributed by atoms with Gasteiger partial charge in [0.1, 0.15) is 5.82 Å². The van der Waals surface area contributed by atoms with Crippen LogP contribution in [0, 0.1) is 12.7 Å². The van der Waals surface area contributed by atoms with E-state index in [4.69, 9.17) is 5.11 Å². The molecule has 0 unspecified atom stereocenters. The van der Waals surface area contributed by atoms with E-state index in [9.17, 15) is 27.8 Å². The number of aliphatic hydroxyl groups excluding tert-OH is 2. The number of aromatic nitrogens is 1. The summed E-state index contributed by atoms with van der Waals surface area (Å²) in [5.41, 5.74) is 3.31. The van der Waals surface area contributed by atoms with Gasteiger partial charge in [0, 0.05) is 28.9 Å². The number of carbonyl (C=O) groups is 1. The van der Waals surface area contributed by atoms with Gasteiger partial charge in [-0.15, -0.1) is 0 Å². The normalized spacial score (nSPS) is 13.8. The Morgan fingerprint density at radius 3 is 2.24 bits per heavy atom. The van der Waals surface area contributed by atoms with Crippen molar-refractivity contribution >= 4 is 22.1 Å². The number of rotatable bonds is 11. The molecular formula is C28H32FNO6S. The Kier molecular flexibility index (Phi) is 9.07. The lowest BCUT2D eigenvalue weighted by Gasteiger charge is -2.16. The molecule has 0 saturated heterocycles. The van der Waals surface area contributed by atoms with Gasteiger partial charge in [-0.1, -0.05) is 68.5 Å². The SMILES string of the molecule is Cc1c(-c2ccc(F)cc2)c(/C=C/[C@@H](O)C[C@@H](O)CC(=O)O)c(C(C)C)n1S(=O)(=O)Cc1ccccc1. The Hall–Kier alpha value is -3.27. The average molecular weight is 530 g/mol. The molecule has 7 nitrogen and oxygen atoms in total. The average Bonchev–Trinajstić information content (AvgIpc) is 3.11. The molecule has 1 heterocycles. The fourth-order valence-corrected chi connectivity index (χ4v) is 6.33. The van der Waals surface area contributed by atoms with Crippen LogP contribution in [0.5, 0.6) is 0 Å². The highest BCUT2D eigenvalue weighted by Crippen LogP contribution is 2.38. The topological polar surface area (TPSA) is 117 Å². The summed E-state index contributed by atoms with van der Waals surface area (Å²) < 4.78 is 42.5. The van der Waals surface area contributed by atoms with Crippen molar-refractivity contribution in [2.45, 2.75) is 57.5 Å². The molecule has 0 aliphatic rings. The van der Waals surface area contributed by atoms with Gasteiger partial charge in [-0.25, -0.2) is 16.8 Å². The number of carboxylic acid groups (broad SMARTS) is 1.